The number of hydrogen-bond acceptors (Lipinski definition) is 2. The summed E-state index contributed by atoms with van der Waals surface area (Å²) in [7, 11) is 0. The van der Waals surface area contributed by atoms with E-state index in [1.54, 1.807) is 4.68 Å². The molecule has 27 heavy (non-hydrogen) atoms. The predicted octanol–water partition coefficient (Wildman–Crippen LogP) is 4.50. The van der Waals surface area contributed by atoms with Gasteiger partial charge in [-0.15, -0.1) is 5.10 Å². The molecule has 2 aromatic carbocycles. The van der Waals surface area contributed by atoms with Crippen molar-refractivity contribution in [1.82, 2.24) is 14.7 Å². The third-order valence-electron chi connectivity index (χ3n) is 5.05. The van der Waals surface area contributed by atoms with Gasteiger partial charge in [0.25, 0.3) is 0 Å². The minimum absolute atomic E-state index is 0.0612. The van der Waals surface area contributed by atoms with E-state index in [4.69, 9.17) is 0 Å². The second-order valence-corrected chi connectivity index (χ2v) is 6.94. The van der Waals surface area contributed by atoms with Gasteiger partial charge in [-0.3, -0.25) is 5.32 Å². The standard InChI is InChI=1S/C22H24N4O/c27-22(23-21-14-16-26(24-21)19-11-5-2-6-12-19)25-15-8-7-13-20(25)17-18-9-3-1-4-10-18/h1-6,9-12,14,16,20H,7-8,13,15,17H2,(H,23,24,27). The van der Waals surface area contributed by atoms with Gasteiger partial charge in [0, 0.05) is 24.8 Å². The summed E-state index contributed by atoms with van der Waals surface area (Å²) in [6.07, 6.45) is 6.02. The third-order valence-corrected chi connectivity index (χ3v) is 5.05. The largest absolute Gasteiger partial charge is 0.323 e. The van der Waals surface area contributed by atoms with Crippen LogP contribution in [-0.4, -0.2) is 33.3 Å². The molecule has 138 valence electrons. The molecule has 5 heteroatoms. The Morgan fingerprint density at radius 3 is 2.52 bits per heavy atom. The normalized spacial score (nSPS) is 16.9. The van der Waals surface area contributed by atoms with Gasteiger partial charge in [-0.05, 0) is 43.4 Å². The summed E-state index contributed by atoms with van der Waals surface area (Å²) in [5.74, 6) is 0.577. The first-order chi connectivity index (χ1) is 13.3. The van der Waals surface area contributed by atoms with E-state index in [1.165, 1.54) is 12.0 Å². The number of rotatable bonds is 4. The molecular formula is C22H24N4O. The Kier molecular flexibility index (Phi) is 5.19. The Morgan fingerprint density at radius 2 is 1.74 bits per heavy atom. The first kappa shape index (κ1) is 17.3. The monoisotopic (exact) mass is 360 g/mol. The number of piperidine rings is 1. The SMILES string of the molecule is O=C(Nc1ccn(-c2ccccc2)n1)N1CCCCC1Cc1ccccc1. The molecule has 1 N–H and O–H groups in total. The molecular weight excluding hydrogens is 336 g/mol. The maximum atomic E-state index is 12.9. The lowest BCUT2D eigenvalue weighted by molar-refractivity contribution is 0.162. The van der Waals surface area contributed by atoms with E-state index in [-0.39, 0.29) is 12.1 Å². The Balaban J connectivity index is 1.44. The van der Waals surface area contributed by atoms with Gasteiger partial charge >= 0.3 is 6.03 Å². The molecule has 0 aliphatic carbocycles. The Hall–Kier alpha value is -3.08. The average molecular weight is 360 g/mol. The van der Waals surface area contributed by atoms with E-state index in [9.17, 15) is 4.79 Å². The quantitative estimate of drug-likeness (QED) is 0.745. The van der Waals surface area contributed by atoms with Crippen LogP contribution in [0.1, 0.15) is 24.8 Å². The fourth-order valence-corrected chi connectivity index (χ4v) is 3.66. The van der Waals surface area contributed by atoms with Crippen LogP contribution in [0.5, 0.6) is 0 Å². The van der Waals surface area contributed by atoms with Crippen LogP contribution in [0.15, 0.2) is 72.9 Å². The van der Waals surface area contributed by atoms with Crippen LogP contribution >= 0.6 is 0 Å². The number of nitrogens with zero attached hydrogens (tertiary/aromatic N) is 3. The summed E-state index contributed by atoms with van der Waals surface area (Å²) >= 11 is 0. The number of carbonyl (C=O) groups is 1. The molecule has 1 aliphatic heterocycles. The summed E-state index contributed by atoms with van der Waals surface area (Å²) in [5.41, 5.74) is 2.24. The third kappa shape index (κ3) is 4.19. The molecule has 0 bridgehead atoms. The van der Waals surface area contributed by atoms with Crippen molar-refractivity contribution in [2.24, 2.45) is 0 Å². The van der Waals surface area contributed by atoms with Gasteiger partial charge < -0.3 is 4.90 Å². The van der Waals surface area contributed by atoms with Crippen LogP contribution in [0.3, 0.4) is 0 Å². The molecule has 0 radical (unpaired) electrons. The van der Waals surface area contributed by atoms with E-state index in [1.807, 2.05) is 53.6 Å². The number of urea groups is 1. The lowest BCUT2D eigenvalue weighted by atomic mass is 9.96. The number of anilines is 1. The van der Waals surface area contributed by atoms with Gasteiger partial charge in [-0.1, -0.05) is 48.5 Å². The summed E-state index contributed by atoms with van der Waals surface area (Å²) in [6.45, 7) is 0.794. The minimum Gasteiger partial charge on any atom is -0.321 e. The number of nitrogens with one attached hydrogen (secondary N) is 1. The maximum Gasteiger partial charge on any atom is 0.323 e. The lowest BCUT2D eigenvalue weighted by Gasteiger charge is -2.35. The maximum absolute atomic E-state index is 12.9. The Bertz CT molecular complexity index is 876. The molecule has 1 unspecified atom stereocenters. The highest BCUT2D eigenvalue weighted by molar-refractivity contribution is 5.88. The van der Waals surface area contributed by atoms with Crippen LogP contribution in [0.2, 0.25) is 0 Å². The predicted molar refractivity (Wildman–Crippen MR) is 107 cm³/mol. The van der Waals surface area contributed by atoms with Crippen molar-refractivity contribution in [2.45, 2.75) is 31.7 Å². The molecule has 0 saturated carbocycles. The molecule has 3 aromatic rings. The van der Waals surface area contributed by atoms with Crippen molar-refractivity contribution in [3.8, 4) is 5.69 Å². The second-order valence-electron chi connectivity index (χ2n) is 6.94. The smallest absolute Gasteiger partial charge is 0.321 e. The number of carbonyl (C=O) groups excluding carboxylic acids is 1. The van der Waals surface area contributed by atoms with Gasteiger partial charge in [0.1, 0.15) is 0 Å². The number of likely N-dealkylation sites (tertiary alicyclic amines) is 1. The highest BCUT2D eigenvalue weighted by Gasteiger charge is 2.27. The van der Waals surface area contributed by atoms with Crippen molar-refractivity contribution in [3.63, 3.8) is 0 Å². The van der Waals surface area contributed by atoms with E-state index in [0.29, 0.717) is 5.82 Å². The topological polar surface area (TPSA) is 50.2 Å². The van der Waals surface area contributed by atoms with Crippen molar-refractivity contribution < 1.29 is 4.79 Å². The minimum atomic E-state index is -0.0612. The number of aromatic nitrogens is 2. The molecule has 1 aliphatic rings. The molecule has 1 saturated heterocycles. The van der Waals surface area contributed by atoms with Gasteiger partial charge in [0.2, 0.25) is 0 Å². The number of benzene rings is 2. The van der Waals surface area contributed by atoms with E-state index in [0.717, 1.165) is 31.5 Å². The van der Waals surface area contributed by atoms with Gasteiger partial charge in [0.05, 0.1) is 5.69 Å². The lowest BCUT2D eigenvalue weighted by Crippen LogP contribution is -2.47. The van der Waals surface area contributed by atoms with Crippen LogP contribution < -0.4 is 5.32 Å². The molecule has 1 fully saturated rings. The average Bonchev–Trinajstić information content (AvgIpc) is 3.18. The molecule has 4 rings (SSSR count). The Morgan fingerprint density at radius 1 is 1.00 bits per heavy atom. The number of para-hydroxylation sites is 1. The fourth-order valence-electron chi connectivity index (χ4n) is 3.66. The molecule has 1 atom stereocenters. The summed E-state index contributed by atoms with van der Waals surface area (Å²) in [6, 6.07) is 22.3. The highest BCUT2D eigenvalue weighted by atomic mass is 16.2. The van der Waals surface area contributed by atoms with Crippen molar-refractivity contribution in [3.05, 3.63) is 78.5 Å². The fraction of sp³-hybridized carbons (Fsp3) is 0.273. The van der Waals surface area contributed by atoms with Crippen molar-refractivity contribution >= 4 is 11.8 Å². The van der Waals surface area contributed by atoms with Gasteiger partial charge in [-0.25, -0.2) is 9.48 Å². The Labute approximate surface area is 159 Å². The van der Waals surface area contributed by atoms with Crippen LogP contribution in [0.4, 0.5) is 10.6 Å². The van der Waals surface area contributed by atoms with E-state index in [2.05, 4.69) is 34.7 Å². The van der Waals surface area contributed by atoms with Crippen molar-refractivity contribution in [1.29, 1.82) is 0 Å². The zero-order valence-electron chi connectivity index (χ0n) is 15.3. The summed E-state index contributed by atoms with van der Waals surface area (Å²) in [4.78, 5) is 14.8. The molecule has 5 nitrogen and oxygen atoms in total. The first-order valence-corrected chi connectivity index (χ1v) is 9.52. The highest BCUT2D eigenvalue weighted by Crippen LogP contribution is 2.22. The molecule has 2 amide bonds. The summed E-state index contributed by atoms with van der Waals surface area (Å²) in [5, 5.41) is 7.45. The summed E-state index contributed by atoms with van der Waals surface area (Å²) < 4.78 is 1.77. The molecule has 2 heterocycles. The van der Waals surface area contributed by atoms with E-state index < -0.39 is 0 Å². The zero-order valence-corrected chi connectivity index (χ0v) is 15.3. The first-order valence-electron chi connectivity index (χ1n) is 9.52. The van der Waals surface area contributed by atoms with E-state index >= 15 is 0 Å². The van der Waals surface area contributed by atoms with Crippen LogP contribution in [0.25, 0.3) is 5.69 Å². The number of amides is 2. The van der Waals surface area contributed by atoms with Crippen molar-refractivity contribution in [2.75, 3.05) is 11.9 Å². The number of hydrogen-bond donors (Lipinski definition) is 1. The van der Waals surface area contributed by atoms with Gasteiger partial charge in [-0.2, -0.15) is 0 Å². The van der Waals surface area contributed by atoms with Crippen LogP contribution in [0, 0.1) is 0 Å². The molecule has 1 aromatic heterocycles. The molecule has 0 spiro atoms. The van der Waals surface area contributed by atoms with Gasteiger partial charge in [0.15, 0.2) is 5.82 Å². The van der Waals surface area contributed by atoms with Crippen LogP contribution in [-0.2, 0) is 6.42 Å². The zero-order chi connectivity index (χ0) is 18.5. The second kappa shape index (κ2) is 8.08.